The largest absolute Gasteiger partial charge is 0.432 e. The van der Waals surface area contributed by atoms with Crippen LogP contribution < -0.4 is 5.32 Å². The molecule has 10 heteroatoms. The van der Waals surface area contributed by atoms with E-state index in [2.05, 4.69) is 15.4 Å². The molecule has 1 heterocycles. The molecule has 2 fully saturated rings. The lowest BCUT2D eigenvalue weighted by atomic mass is 10.1. The van der Waals surface area contributed by atoms with E-state index in [9.17, 15) is 18.0 Å². The zero-order valence-corrected chi connectivity index (χ0v) is 17.0. The Morgan fingerprint density at radius 2 is 1.83 bits per heavy atom. The van der Waals surface area contributed by atoms with Crippen molar-refractivity contribution < 1.29 is 18.0 Å². The van der Waals surface area contributed by atoms with Crippen LogP contribution in [0.25, 0.3) is 0 Å². The molecule has 0 unspecified atom stereocenters. The number of rotatable bonds is 5. The molecule has 4 rings (SSSR count). The maximum atomic E-state index is 12.9. The van der Waals surface area contributed by atoms with Gasteiger partial charge < -0.3 is 4.90 Å². The van der Waals surface area contributed by atoms with Crippen molar-refractivity contribution in [2.75, 3.05) is 7.05 Å². The number of alkyl halides is 3. The lowest BCUT2D eigenvalue weighted by molar-refractivity contribution is -0.141. The summed E-state index contributed by atoms with van der Waals surface area (Å²) in [5.74, 6) is 0.620. The number of hydrogen-bond acceptors (Lipinski definition) is 3. The summed E-state index contributed by atoms with van der Waals surface area (Å²) in [4.78, 5) is 18.9. The predicted molar refractivity (Wildman–Crippen MR) is 107 cm³/mol. The number of carbonyl (C=O) groups is 1. The molecule has 1 aromatic carbocycles. The van der Waals surface area contributed by atoms with E-state index >= 15 is 0 Å². The van der Waals surface area contributed by atoms with Crippen molar-refractivity contribution >= 4 is 29.3 Å². The standard InChI is InChI=1S/C20H21ClF3N5O/c1-29(17(11-2-3-11)12-4-5-12)19(25-16-10-15(27-28-16)20(22,23)24)26-18(30)13-6-8-14(21)9-7-13/h6-12,17H,2-5H2,1H3,(H2,25,26,27,28,30). The second-order valence-corrected chi connectivity index (χ2v) is 8.25. The van der Waals surface area contributed by atoms with Crippen molar-refractivity contribution in [3.63, 3.8) is 0 Å². The minimum Gasteiger partial charge on any atom is -0.342 e. The van der Waals surface area contributed by atoms with Gasteiger partial charge in [0.1, 0.15) is 5.69 Å². The molecule has 0 atom stereocenters. The van der Waals surface area contributed by atoms with Gasteiger partial charge in [0, 0.05) is 29.7 Å². The van der Waals surface area contributed by atoms with Crippen molar-refractivity contribution in [3.8, 4) is 0 Å². The Bertz CT molecular complexity index is 936. The summed E-state index contributed by atoms with van der Waals surface area (Å²) in [5.41, 5.74) is -0.624. The van der Waals surface area contributed by atoms with Crippen LogP contribution in [0.4, 0.5) is 19.0 Å². The van der Waals surface area contributed by atoms with Crippen molar-refractivity contribution in [3.05, 3.63) is 46.6 Å². The van der Waals surface area contributed by atoms with Gasteiger partial charge >= 0.3 is 6.18 Å². The van der Waals surface area contributed by atoms with E-state index in [0.717, 1.165) is 31.7 Å². The molecule has 2 aromatic rings. The topological polar surface area (TPSA) is 73.4 Å². The van der Waals surface area contributed by atoms with Gasteiger partial charge in [-0.05, 0) is 61.8 Å². The van der Waals surface area contributed by atoms with Crippen LogP contribution in [0.2, 0.25) is 5.02 Å². The molecule has 30 heavy (non-hydrogen) atoms. The van der Waals surface area contributed by atoms with Crippen LogP contribution in [0.1, 0.15) is 41.7 Å². The lowest BCUT2D eigenvalue weighted by Crippen LogP contribution is -2.48. The van der Waals surface area contributed by atoms with Crippen LogP contribution in [0, 0.1) is 11.8 Å². The number of aromatic nitrogens is 2. The molecule has 2 aliphatic carbocycles. The minimum absolute atomic E-state index is 0.147. The van der Waals surface area contributed by atoms with Crippen molar-refractivity contribution in [2.45, 2.75) is 37.9 Å². The molecule has 0 saturated heterocycles. The Balaban J connectivity index is 1.62. The van der Waals surface area contributed by atoms with Crippen molar-refractivity contribution in [2.24, 2.45) is 16.8 Å². The Hall–Kier alpha value is -2.55. The van der Waals surface area contributed by atoms with E-state index in [1.54, 1.807) is 24.3 Å². The van der Waals surface area contributed by atoms with Crippen molar-refractivity contribution in [1.82, 2.24) is 20.4 Å². The van der Waals surface area contributed by atoms with E-state index in [1.807, 2.05) is 17.0 Å². The number of carbonyl (C=O) groups excluding carboxylic acids is 1. The molecule has 6 nitrogen and oxygen atoms in total. The first kappa shape index (κ1) is 20.7. The first-order chi connectivity index (χ1) is 14.2. The monoisotopic (exact) mass is 439 g/mol. The molecular weight excluding hydrogens is 419 g/mol. The highest BCUT2D eigenvalue weighted by atomic mass is 35.5. The van der Waals surface area contributed by atoms with E-state index < -0.39 is 17.8 Å². The summed E-state index contributed by atoms with van der Waals surface area (Å²) in [7, 11) is 1.82. The molecule has 2 N–H and O–H groups in total. The fourth-order valence-corrected chi connectivity index (χ4v) is 3.75. The number of guanidine groups is 1. The molecule has 1 amide bonds. The normalized spacial score (nSPS) is 17.3. The molecule has 2 saturated carbocycles. The smallest absolute Gasteiger partial charge is 0.342 e. The van der Waals surface area contributed by atoms with Gasteiger partial charge in [0.15, 0.2) is 5.82 Å². The molecule has 1 aromatic heterocycles. The second-order valence-electron chi connectivity index (χ2n) is 7.81. The maximum Gasteiger partial charge on any atom is 0.432 e. The van der Waals surface area contributed by atoms with Crippen LogP contribution in [-0.2, 0) is 6.18 Å². The molecule has 0 radical (unpaired) electrons. The Morgan fingerprint density at radius 1 is 1.23 bits per heavy atom. The third-order valence-electron chi connectivity index (χ3n) is 5.41. The van der Waals surface area contributed by atoms with E-state index in [-0.39, 0.29) is 17.8 Å². The van der Waals surface area contributed by atoms with Crippen LogP contribution in [0.5, 0.6) is 0 Å². The van der Waals surface area contributed by atoms with Gasteiger partial charge in [-0.15, -0.1) is 0 Å². The number of benzene rings is 1. The van der Waals surface area contributed by atoms with Gasteiger partial charge in [-0.3, -0.25) is 15.2 Å². The SMILES string of the molecule is CN(C(=Nc1cc(C(F)(F)F)[nH]n1)NC(=O)c1ccc(Cl)cc1)C(C1CC1)C1CC1. The van der Waals surface area contributed by atoms with E-state index in [0.29, 0.717) is 22.4 Å². The van der Waals surface area contributed by atoms with Crippen LogP contribution >= 0.6 is 11.6 Å². The summed E-state index contributed by atoms with van der Waals surface area (Å²) in [6, 6.07) is 7.35. The number of aliphatic imine (C=N–C) groups is 1. The average Bonchev–Trinajstić information content (AvgIpc) is 3.62. The van der Waals surface area contributed by atoms with Gasteiger partial charge in [0.25, 0.3) is 5.91 Å². The molecule has 0 aliphatic heterocycles. The summed E-state index contributed by atoms with van der Waals surface area (Å²) in [5, 5.41) is 8.85. The van der Waals surface area contributed by atoms with Gasteiger partial charge in [-0.2, -0.15) is 23.3 Å². The Kier molecular flexibility index (Phi) is 5.48. The fraction of sp³-hybridized carbons (Fsp3) is 0.450. The average molecular weight is 440 g/mol. The lowest BCUT2D eigenvalue weighted by Gasteiger charge is -2.31. The number of aromatic amines is 1. The Labute approximate surface area is 176 Å². The minimum atomic E-state index is -4.55. The fourth-order valence-electron chi connectivity index (χ4n) is 3.63. The van der Waals surface area contributed by atoms with E-state index in [4.69, 9.17) is 11.6 Å². The van der Waals surface area contributed by atoms with Crippen LogP contribution in [-0.4, -0.2) is 40.1 Å². The number of hydrogen-bond donors (Lipinski definition) is 2. The van der Waals surface area contributed by atoms with Gasteiger partial charge in [0.2, 0.25) is 5.96 Å². The summed E-state index contributed by atoms with van der Waals surface area (Å²) in [6.07, 6.45) is -0.145. The van der Waals surface area contributed by atoms with Gasteiger partial charge in [-0.25, -0.2) is 0 Å². The summed E-state index contributed by atoms with van der Waals surface area (Å²) in [6.45, 7) is 0. The second kappa shape index (κ2) is 7.94. The van der Waals surface area contributed by atoms with Gasteiger partial charge in [0.05, 0.1) is 0 Å². The number of amides is 1. The van der Waals surface area contributed by atoms with Gasteiger partial charge in [-0.1, -0.05) is 11.6 Å². The highest BCUT2D eigenvalue weighted by Crippen LogP contribution is 2.47. The Morgan fingerprint density at radius 3 is 2.33 bits per heavy atom. The quantitative estimate of drug-likeness (QED) is 0.527. The van der Waals surface area contributed by atoms with Crippen molar-refractivity contribution in [1.29, 1.82) is 0 Å². The summed E-state index contributed by atoms with van der Waals surface area (Å²) >= 11 is 5.88. The molecule has 160 valence electrons. The molecule has 0 spiro atoms. The molecule has 2 aliphatic rings. The van der Waals surface area contributed by atoms with E-state index in [1.165, 1.54) is 0 Å². The molecular formula is C20H21ClF3N5O. The highest BCUT2D eigenvalue weighted by Gasteiger charge is 2.44. The highest BCUT2D eigenvalue weighted by molar-refractivity contribution is 6.30. The van der Waals surface area contributed by atoms with Crippen LogP contribution in [0.15, 0.2) is 35.3 Å². The number of nitrogens with one attached hydrogen (secondary N) is 2. The predicted octanol–water partition coefficient (Wildman–Crippen LogP) is 4.62. The van der Waals surface area contributed by atoms with Crippen LogP contribution in [0.3, 0.4) is 0 Å². The third-order valence-corrected chi connectivity index (χ3v) is 5.67. The maximum absolute atomic E-state index is 12.9. The number of halogens is 4. The summed E-state index contributed by atoms with van der Waals surface area (Å²) < 4.78 is 38.7. The molecule has 0 bridgehead atoms. The zero-order valence-electron chi connectivity index (χ0n) is 16.2. The zero-order chi connectivity index (χ0) is 21.5. The first-order valence-corrected chi connectivity index (χ1v) is 10.1. The number of nitrogens with zero attached hydrogens (tertiary/aromatic N) is 3. The first-order valence-electron chi connectivity index (χ1n) is 9.73. The third kappa shape index (κ3) is 4.77. The number of H-pyrrole nitrogens is 1.